The monoisotopic (exact) mass is 297 g/mol. The van der Waals surface area contributed by atoms with Gasteiger partial charge in [-0.1, -0.05) is 11.6 Å². The van der Waals surface area contributed by atoms with Gasteiger partial charge in [0.05, 0.1) is 17.8 Å². The average molecular weight is 298 g/mol. The molecule has 0 spiro atoms. The Labute approximate surface area is 120 Å². The van der Waals surface area contributed by atoms with Gasteiger partial charge < -0.3 is 15.8 Å². The predicted molar refractivity (Wildman–Crippen MR) is 77.0 cm³/mol. The predicted octanol–water partition coefficient (Wildman–Crippen LogP) is 2.34. The summed E-state index contributed by atoms with van der Waals surface area (Å²) in [5, 5.41) is 12.7. The Morgan fingerprint density at radius 2 is 2.26 bits per heavy atom. The average Bonchev–Trinajstić information content (AvgIpc) is 2.38. The third kappa shape index (κ3) is 3.81. The largest absolute Gasteiger partial charge is 0.495 e. The lowest BCUT2D eigenvalue weighted by atomic mass is 10.2. The minimum Gasteiger partial charge on any atom is -0.495 e. The summed E-state index contributed by atoms with van der Waals surface area (Å²) in [4.78, 5) is 11.2. The summed E-state index contributed by atoms with van der Waals surface area (Å²) in [5.41, 5.74) is 5.55. The second-order valence-corrected chi connectivity index (χ2v) is 4.61. The molecule has 1 rings (SSSR count). The zero-order valence-electron chi connectivity index (χ0n) is 10.4. The molecule has 0 aliphatic carbocycles. The summed E-state index contributed by atoms with van der Waals surface area (Å²) in [5.74, 6) is -0.252. The number of anilines is 1. The molecule has 0 unspecified atom stereocenters. The quantitative estimate of drug-likeness (QED) is 0.643. The van der Waals surface area contributed by atoms with E-state index in [4.69, 9.17) is 27.3 Å². The third-order valence-corrected chi connectivity index (χ3v) is 3.15. The number of benzene rings is 1. The molecule has 0 atom stereocenters. The number of hydrogen-bond acceptors (Lipinski definition) is 5. The van der Waals surface area contributed by atoms with Crippen LogP contribution in [0.3, 0.4) is 0 Å². The fourth-order valence-electron chi connectivity index (χ4n) is 1.33. The lowest BCUT2D eigenvalue weighted by Crippen LogP contribution is -2.16. The fourth-order valence-corrected chi connectivity index (χ4v) is 2.07. The van der Waals surface area contributed by atoms with Crippen LogP contribution in [0.25, 0.3) is 0 Å². The molecule has 3 N–H and O–H groups in total. The molecule has 0 fully saturated rings. The van der Waals surface area contributed by atoms with E-state index >= 15 is 0 Å². The molecule has 0 radical (unpaired) electrons. The Morgan fingerprint density at radius 3 is 2.74 bits per heavy atom. The number of primary amides is 1. The summed E-state index contributed by atoms with van der Waals surface area (Å²) in [7, 11) is 1.51. The molecular formula is C12H12ClN3O2S. The SMILES string of the molecule is COc1ccc(Cl)cc1NC(SC)=C(C#N)C(N)=O. The number of nitrogens with zero attached hydrogens (tertiary/aromatic N) is 1. The number of methoxy groups -OCH3 is 1. The number of nitrogens with two attached hydrogens (primary N) is 1. The molecule has 7 heteroatoms. The Hall–Kier alpha value is -1.84. The number of nitrogens with one attached hydrogen (secondary N) is 1. The highest BCUT2D eigenvalue weighted by Gasteiger charge is 2.14. The van der Waals surface area contributed by atoms with Crippen molar-refractivity contribution in [2.45, 2.75) is 0 Å². The van der Waals surface area contributed by atoms with Gasteiger partial charge in [0.1, 0.15) is 17.4 Å². The van der Waals surface area contributed by atoms with Gasteiger partial charge in [0, 0.05) is 5.02 Å². The molecule has 100 valence electrons. The zero-order chi connectivity index (χ0) is 14.4. The fraction of sp³-hybridized carbons (Fsp3) is 0.167. The van der Waals surface area contributed by atoms with Gasteiger partial charge >= 0.3 is 0 Å². The molecule has 0 saturated heterocycles. The molecule has 1 amide bonds. The molecule has 0 saturated carbocycles. The van der Waals surface area contributed by atoms with Crippen LogP contribution in [0.1, 0.15) is 0 Å². The minimum atomic E-state index is -0.791. The highest BCUT2D eigenvalue weighted by molar-refractivity contribution is 8.02. The van der Waals surface area contributed by atoms with E-state index in [1.54, 1.807) is 30.5 Å². The van der Waals surface area contributed by atoms with Gasteiger partial charge in [0.25, 0.3) is 5.91 Å². The molecule has 1 aromatic rings. The van der Waals surface area contributed by atoms with Gasteiger partial charge in [-0.2, -0.15) is 5.26 Å². The first-order valence-corrected chi connectivity index (χ1v) is 6.72. The normalized spacial score (nSPS) is 11.3. The van der Waals surface area contributed by atoms with Crippen molar-refractivity contribution in [1.82, 2.24) is 0 Å². The van der Waals surface area contributed by atoms with Crippen LogP contribution in [0.15, 0.2) is 28.8 Å². The van der Waals surface area contributed by atoms with Gasteiger partial charge in [-0.15, -0.1) is 11.8 Å². The van der Waals surface area contributed by atoms with Gasteiger partial charge in [-0.25, -0.2) is 0 Å². The van der Waals surface area contributed by atoms with Gasteiger partial charge in [-0.3, -0.25) is 4.79 Å². The Balaban J connectivity index is 3.23. The van der Waals surface area contributed by atoms with Crippen molar-refractivity contribution < 1.29 is 9.53 Å². The van der Waals surface area contributed by atoms with Crippen LogP contribution in [0.4, 0.5) is 5.69 Å². The van der Waals surface area contributed by atoms with Crippen molar-refractivity contribution in [3.63, 3.8) is 0 Å². The number of amides is 1. The Bertz CT molecular complexity index is 567. The molecular weight excluding hydrogens is 286 g/mol. The summed E-state index contributed by atoms with van der Waals surface area (Å²) < 4.78 is 5.17. The van der Waals surface area contributed by atoms with E-state index in [-0.39, 0.29) is 5.57 Å². The molecule has 0 heterocycles. The number of nitriles is 1. The van der Waals surface area contributed by atoms with Crippen LogP contribution >= 0.6 is 23.4 Å². The molecule has 5 nitrogen and oxygen atoms in total. The number of carbonyl (C=O) groups is 1. The number of carbonyl (C=O) groups excluding carboxylic acids is 1. The Morgan fingerprint density at radius 1 is 1.58 bits per heavy atom. The van der Waals surface area contributed by atoms with E-state index in [0.29, 0.717) is 21.5 Å². The van der Waals surface area contributed by atoms with Gasteiger partial charge in [-0.05, 0) is 24.5 Å². The second kappa shape index (κ2) is 6.92. The van der Waals surface area contributed by atoms with Crippen LogP contribution in [-0.4, -0.2) is 19.3 Å². The highest BCUT2D eigenvalue weighted by atomic mass is 35.5. The van der Waals surface area contributed by atoms with Crippen LogP contribution < -0.4 is 15.8 Å². The first-order chi connectivity index (χ1) is 9.03. The highest BCUT2D eigenvalue weighted by Crippen LogP contribution is 2.31. The minimum absolute atomic E-state index is 0.144. The van der Waals surface area contributed by atoms with Crippen LogP contribution in [0.2, 0.25) is 5.02 Å². The van der Waals surface area contributed by atoms with Crippen LogP contribution in [-0.2, 0) is 4.79 Å². The van der Waals surface area contributed by atoms with E-state index in [9.17, 15) is 4.79 Å². The molecule has 19 heavy (non-hydrogen) atoms. The molecule has 0 bridgehead atoms. The van der Waals surface area contributed by atoms with Crippen molar-refractivity contribution in [1.29, 1.82) is 5.26 Å². The van der Waals surface area contributed by atoms with Crippen LogP contribution in [0.5, 0.6) is 5.75 Å². The standard InChI is InChI=1S/C12H12ClN3O2S/c1-18-10-4-3-7(13)5-9(10)16-12(19-2)8(6-14)11(15)17/h3-5,16H,1-2H3,(H2,15,17). The number of rotatable bonds is 5. The van der Waals surface area contributed by atoms with E-state index in [1.807, 2.05) is 0 Å². The van der Waals surface area contributed by atoms with Gasteiger partial charge in [0.15, 0.2) is 0 Å². The topological polar surface area (TPSA) is 88.1 Å². The van der Waals surface area contributed by atoms with E-state index in [1.165, 1.54) is 18.9 Å². The van der Waals surface area contributed by atoms with Crippen molar-refractivity contribution >= 4 is 35.0 Å². The third-order valence-electron chi connectivity index (χ3n) is 2.20. The number of hydrogen-bond donors (Lipinski definition) is 2. The van der Waals surface area contributed by atoms with Gasteiger partial charge in [0.2, 0.25) is 0 Å². The van der Waals surface area contributed by atoms with Crippen molar-refractivity contribution in [3.05, 3.63) is 33.8 Å². The number of ether oxygens (including phenoxy) is 1. The summed E-state index contributed by atoms with van der Waals surface area (Å²) in [6.45, 7) is 0. The first-order valence-electron chi connectivity index (χ1n) is 5.12. The zero-order valence-corrected chi connectivity index (χ0v) is 11.9. The summed E-state index contributed by atoms with van der Waals surface area (Å²) in [6.07, 6.45) is 1.72. The lowest BCUT2D eigenvalue weighted by molar-refractivity contribution is -0.114. The van der Waals surface area contributed by atoms with E-state index in [0.717, 1.165) is 0 Å². The van der Waals surface area contributed by atoms with E-state index < -0.39 is 5.91 Å². The van der Waals surface area contributed by atoms with Crippen molar-refractivity contribution in [3.8, 4) is 11.8 Å². The second-order valence-electron chi connectivity index (χ2n) is 3.35. The Kier molecular flexibility index (Phi) is 5.55. The van der Waals surface area contributed by atoms with Crippen molar-refractivity contribution in [2.24, 2.45) is 5.73 Å². The van der Waals surface area contributed by atoms with Crippen molar-refractivity contribution in [2.75, 3.05) is 18.7 Å². The lowest BCUT2D eigenvalue weighted by Gasteiger charge is -2.13. The first kappa shape index (κ1) is 15.2. The number of thioether (sulfide) groups is 1. The van der Waals surface area contributed by atoms with E-state index in [2.05, 4.69) is 5.32 Å². The number of halogens is 1. The molecule has 0 aromatic heterocycles. The maximum atomic E-state index is 11.2. The summed E-state index contributed by atoms with van der Waals surface area (Å²) >= 11 is 7.10. The molecule has 0 aliphatic rings. The molecule has 1 aromatic carbocycles. The smallest absolute Gasteiger partial charge is 0.262 e. The van der Waals surface area contributed by atoms with Crippen LogP contribution in [0, 0.1) is 11.3 Å². The maximum absolute atomic E-state index is 11.2. The maximum Gasteiger partial charge on any atom is 0.262 e. The molecule has 0 aliphatic heterocycles. The summed E-state index contributed by atoms with van der Waals surface area (Å²) in [6, 6.07) is 6.76.